The van der Waals surface area contributed by atoms with Crippen molar-refractivity contribution in [3.8, 4) is 0 Å². The number of carbonyl (C=O) groups excluding carboxylic acids is 2. The molecule has 1 amide bonds. The van der Waals surface area contributed by atoms with Gasteiger partial charge in [-0.15, -0.1) is 0 Å². The Bertz CT molecular complexity index is 1140. The molecule has 1 aliphatic heterocycles. The summed E-state index contributed by atoms with van der Waals surface area (Å²) >= 11 is 12.2. The topological polar surface area (TPSA) is 96.4 Å². The van der Waals surface area contributed by atoms with Crippen LogP contribution in [0.2, 0.25) is 10.0 Å². The van der Waals surface area contributed by atoms with Gasteiger partial charge in [0.2, 0.25) is 5.95 Å². The van der Waals surface area contributed by atoms with Gasteiger partial charge in [0.15, 0.2) is 5.78 Å². The van der Waals surface area contributed by atoms with E-state index in [-0.39, 0.29) is 18.3 Å². The van der Waals surface area contributed by atoms with Crippen molar-refractivity contribution in [3.05, 3.63) is 57.1 Å². The summed E-state index contributed by atoms with van der Waals surface area (Å²) in [6, 6.07) is 8.69. The minimum Gasteiger partial charge on any atom is -0.453 e. The number of ketones is 1. The van der Waals surface area contributed by atoms with Gasteiger partial charge in [-0.1, -0.05) is 29.3 Å². The zero-order chi connectivity index (χ0) is 19.1. The van der Waals surface area contributed by atoms with Crippen LogP contribution < -0.4 is 5.32 Å². The minimum absolute atomic E-state index is 0.0381. The maximum absolute atomic E-state index is 12.2. The number of anilines is 1. The zero-order valence-electron chi connectivity index (χ0n) is 14.0. The molecule has 0 saturated heterocycles. The number of benzene rings is 2. The van der Waals surface area contributed by atoms with Crippen molar-refractivity contribution in [1.82, 2.24) is 9.97 Å². The van der Waals surface area contributed by atoms with Crippen LogP contribution in [-0.4, -0.2) is 41.2 Å². The van der Waals surface area contributed by atoms with Gasteiger partial charge in [0.05, 0.1) is 33.9 Å². The van der Waals surface area contributed by atoms with Crippen LogP contribution >= 0.6 is 23.2 Å². The van der Waals surface area contributed by atoms with E-state index in [1.807, 2.05) is 12.1 Å². The molecule has 2 aromatic carbocycles. The second-order valence-corrected chi connectivity index (χ2v) is 6.65. The van der Waals surface area contributed by atoms with E-state index < -0.39 is 6.09 Å². The van der Waals surface area contributed by atoms with Gasteiger partial charge in [0.25, 0.3) is 0 Å². The number of amides is 1. The Morgan fingerprint density at radius 3 is 2.67 bits per heavy atom. The Labute approximate surface area is 163 Å². The number of Topliss-reactive ketones (excluding diaryl/α,β-unsaturated/α-hetero) is 1. The van der Waals surface area contributed by atoms with E-state index in [1.165, 1.54) is 7.11 Å². The van der Waals surface area contributed by atoms with Gasteiger partial charge in [0, 0.05) is 16.7 Å². The fourth-order valence-corrected chi connectivity index (χ4v) is 3.23. The zero-order valence-corrected chi connectivity index (χ0v) is 15.5. The van der Waals surface area contributed by atoms with Crippen molar-refractivity contribution >= 4 is 57.8 Å². The molecule has 0 saturated carbocycles. The van der Waals surface area contributed by atoms with Crippen LogP contribution in [0.5, 0.6) is 0 Å². The number of halogens is 2. The quantitative estimate of drug-likeness (QED) is 0.674. The van der Waals surface area contributed by atoms with E-state index in [2.05, 4.69) is 25.0 Å². The Hall–Kier alpha value is -2.90. The molecule has 2 heterocycles. The molecule has 1 aromatic heterocycles. The van der Waals surface area contributed by atoms with Crippen LogP contribution in [0, 0.1) is 0 Å². The molecular formula is C18H12Cl2N4O3. The van der Waals surface area contributed by atoms with Crippen molar-refractivity contribution in [2.45, 2.75) is 0 Å². The number of fused-ring (bicyclic) bond motifs is 2. The van der Waals surface area contributed by atoms with Crippen LogP contribution in [0.1, 0.15) is 21.5 Å². The minimum atomic E-state index is -0.620. The lowest BCUT2D eigenvalue weighted by Gasteiger charge is -2.17. The molecule has 0 fully saturated rings. The molecule has 27 heavy (non-hydrogen) atoms. The molecule has 2 N–H and O–H groups in total. The number of aromatic nitrogens is 2. The first-order valence-corrected chi connectivity index (χ1v) is 8.64. The van der Waals surface area contributed by atoms with Gasteiger partial charge in [-0.25, -0.2) is 9.78 Å². The van der Waals surface area contributed by atoms with Crippen LogP contribution in [0.3, 0.4) is 0 Å². The van der Waals surface area contributed by atoms with E-state index in [0.717, 1.165) is 5.56 Å². The van der Waals surface area contributed by atoms with Crippen molar-refractivity contribution in [3.63, 3.8) is 0 Å². The molecule has 9 heteroatoms. The third-order valence-corrected chi connectivity index (χ3v) is 4.88. The number of hydrogen-bond donors (Lipinski definition) is 2. The molecule has 7 nitrogen and oxygen atoms in total. The Morgan fingerprint density at radius 2 is 1.93 bits per heavy atom. The van der Waals surface area contributed by atoms with Gasteiger partial charge >= 0.3 is 6.09 Å². The van der Waals surface area contributed by atoms with E-state index >= 15 is 0 Å². The molecule has 1 aliphatic rings. The maximum Gasteiger partial charge on any atom is 0.413 e. The number of nitrogens with one attached hydrogen (secondary N) is 2. The molecule has 0 atom stereocenters. The van der Waals surface area contributed by atoms with Gasteiger partial charge in [-0.3, -0.25) is 15.1 Å². The summed E-state index contributed by atoms with van der Waals surface area (Å²) in [6.45, 7) is 0.0381. The molecule has 136 valence electrons. The number of imidazole rings is 1. The number of rotatable bonds is 2. The second kappa shape index (κ2) is 6.68. The lowest BCUT2D eigenvalue weighted by Crippen LogP contribution is -2.20. The number of aliphatic imine (C=N–C) groups is 1. The van der Waals surface area contributed by atoms with E-state index in [0.29, 0.717) is 37.9 Å². The third kappa shape index (κ3) is 3.15. The Kier molecular flexibility index (Phi) is 4.33. The molecule has 4 rings (SSSR count). The summed E-state index contributed by atoms with van der Waals surface area (Å²) in [6.07, 6.45) is -0.620. The van der Waals surface area contributed by atoms with Crippen molar-refractivity contribution < 1.29 is 14.3 Å². The fraction of sp³-hybridized carbons (Fsp3) is 0.111. The molecule has 0 bridgehead atoms. The van der Waals surface area contributed by atoms with Crippen molar-refractivity contribution in [2.75, 3.05) is 19.0 Å². The van der Waals surface area contributed by atoms with E-state index in [1.54, 1.807) is 18.2 Å². The summed E-state index contributed by atoms with van der Waals surface area (Å²) in [5.41, 5.74) is 3.90. The van der Waals surface area contributed by atoms with Crippen molar-refractivity contribution in [2.24, 2.45) is 4.99 Å². The highest BCUT2D eigenvalue weighted by atomic mass is 35.5. The van der Waals surface area contributed by atoms with E-state index in [4.69, 9.17) is 23.2 Å². The van der Waals surface area contributed by atoms with Gasteiger partial charge in [0.1, 0.15) is 6.54 Å². The molecule has 0 unspecified atom stereocenters. The van der Waals surface area contributed by atoms with Gasteiger partial charge in [-0.05, 0) is 24.3 Å². The highest BCUT2D eigenvalue weighted by Gasteiger charge is 2.23. The molecule has 0 aliphatic carbocycles. The van der Waals surface area contributed by atoms with Crippen molar-refractivity contribution in [1.29, 1.82) is 0 Å². The first kappa shape index (κ1) is 17.5. The van der Waals surface area contributed by atoms with Gasteiger partial charge in [-0.2, -0.15) is 0 Å². The SMILES string of the molecule is COC(=O)Nc1nc2ccc(C3=NCC(=O)c4cc(Cl)c(Cl)cc43)cc2[nH]1. The summed E-state index contributed by atoms with van der Waals surface area (Å²) in [5.74, 6) is 0.157. The first-order valence-electron chi connectivity index (χ1n) is 7.88. The predicted molar refractivity (Wildman–Crippen MR) is 103 cm³/mol. The number of aromatic amines is 1. The van der Waals surface area contributed by atoms with Crippen LogP contribution in [-0.2, 0) is 4.74 Å². The predicted octanol–water partition coefficient (Wildman–Crippen LogP) is 4.08. The normalized spacial score (nSPS) is 13.3. The van der Waals surface area contributed by atoms with Gasteiger partial charge < -0.3 is 9.72 Å². The number of hydrogen-bond acceptors (Lipinski definition) is 5. The Morgan fingerprint density at radius 1 is 1.19 bits per heavy atom. The van der Waals surface area contributed by atoms with Crippen LogP contribution in [0.25, 0.3) is 11.0 Å². The molecule has 3 aromatic rings. The number of methoxy groups -OCH3 is 1. The molecular weight excluding hydrogens is 391 g/mol. The fourth-order valence-electron chi connectivity index (χ4n) is 2.91. The number of ether oxygens (including phenoxy) is 1. The summed E-state index contributed by atoms with van der Waals surface area (Å²) in [4.78, 5) is 35.2. The summed E-state index contributed by atoms with van der Waals surface area (Å²) < 4.78 is 4.55. The van der Waals surface area contributed by atoms with Crippen LogP contribution in [0.4, 0.5) is 10.7 Å². The maximum atomic E-state index is 12.2. The lowest BCUT2D eigenvalue weighted by atomic mass is 9.92. The second-order valence-electron chi connectivity index (χ2n) is 5.83. The summed E-state index contributed by atoms with van der Waals surface area (Å²) in [7, 11) is 1.27. The van der Waals surface area contributed by atoms with Crippen LogP contribution in [0.15, 0.2) is 35.3 Å². The largest absolute Gasteiger partial charge is 0.453 e. The molecule has 0 spiro atoms. The highest BCUT2D eigenvalue weighted by Crippen LogP contribution is 2.30. The number of carbonyl (C=O) groups is 2. The molecule has 0 radical (unpaired) electrons. The number of nitrogens with zero attached hydrogens (tertiary/aromatic N) is 2. The first-order chi connectivity index (χ1) is 13.0. The smallest absolute Gasteiger partial charge is 0.413 e. The number of H-pyrrole nitrogens is 1. The highest BCUT2D eigenvalue weighted by molar-refractivity contribution is 6.43. The van der Waals surface area contributed by atoms with E-state index in [9.17, 15) is 9.59 Å². The average Bonchev–Trinajstić information content (AvgIpc) is 3.05. The average molecular weight is 403 g/mol. The summed E-state index contributed by atoms with van der Waals surface area (Å²) in [5, 5.41) is 3.16. The third-order valence-electron chi connectivity index (χ3n) is 4.16. The monoisotopic (exact) mass is 402 g/mol. The Balaban J connectivity index is 1.78. The lowest BCUT2D eigenvalue weighted by molar-refractivity contribution is 0.1000. The standard InChI is InChI=1S/C18H12Cl2N4O3/c1-27-18(26)24-17-22-13-3-2-8(4-14(13)23-17)16-10-6-12(20)11(19)5-9(10)15(25)7-21-16/h2-6H,7H2,1H3,(H2,22,23,24,26).